The number of aliphatic hydroxyl groups excluding tert-OH is 2. The van der Waals surface area contributed by atoms with Crippen molar-refractivity contribution in [1.82, 2.24) is 14.6 Å². The summed E-state index contributed by atoms with van der Waals surface area (Å²) in [5, 5.41) is 27.7. The zero-order valence-corrected chi connectivity index (χ0v) is 22.3. The number of H-pyrrole nitrogens is 1. The summed E-state index contributed by atoms with van der Waals surface area (Å²) in [5.74, 6) is -0.540. The second-order valence-electron chi connectivity index (χ2n) is 9.29. The van der Waals surface area contributed by atoms with Gasteiger partial charge in [-0.1, -0.05) is 36.2 Å². The molecule has 4 rings (SSSR count). The molecule has 2 aliphatic rings. The molecular weight excluding hydrogens is 551 g/mol. The number of hydrogen-bond donors (Lipinski definition) is 4. The van der Waals surface area contributed by atoms with Crippen LogP contribution >= 0.6 is 7.75 Å². The normalized spacial score (nSPS) is 26.9. The monoisotopic (exact) mass is 580 g/mol. The van der Waals surface area contributed by atoms with Gasteiger partial charge in [-0.2, -0.15) is 5.09 Å². The molecule has 1 aromatic carbocycles. The average molecular weight is 580 g/mol. The number of hydrogen-bond acceptors (Lipinski definition) is 11. The Hall–Kier alpha value is -3.49. The Morgan fingerprint density at radius 1 is 1.27 bits per heavy atom. The van der Waals surface area contributed by atoms with Crippen molar-refractivity contribution < 1.29 is 38.1 Å². The van der Waals surface area contributed by atoms with Gasteiger partial charge in [0.15, 0.2) is 6.23 Å². The highest BCUT2D eigenvalue weighted by atomic mass is 31.2. The van der Waals surface area contributed by atoms with Crippen LogP contribution in [0.3, 0.4) is 0 Å². The smallest absolute Gasteiger partial charge is 0.459 e. The highest BCUT2D eigenvalue weighted by Gasteiger charge is 2.57. The van der Waals surface area contributed by atoms with Gasteiger partial charge >= 0.3 is 19.4 Å². The lowest BCUT2D eigenvalue weighted by molar-refractivity contribution is -0.150. The van der Waals surface area contributed by atoms with Crippen molar-refractivity contribution in [2.45, 2.75) is 62.3 Å². The molecule has 17 heteroatoms. The minimum atomic E-state index is -4.53. The Morgan fingerprint density at radius 3 is 2.60 bits per heavy atom. The summed E-state index contributed by atoms with van der Waals surface area (Å²) in [6.45, 7) is 0.769. The van der Waals surface area contributed by atoms with Crippen molar-refractivity contribution >= 4 is 13.7 Å². The lowest BCUT2D eigenvalue weighted by Crippen LogP contribution is -2.51. The van der Waals surface area contributed by atoms with E-state index in [1.165, 1.54) is 12.1 Å². The van der Waals surface area contributed by atoms with E-state index in [-0.39, 0.29) is 25.2 Å². The lowest BCUT2D eigenvalue weighted by Gasteiger charge is -2.33. The average Bonchev–Trinajstić information content (AvgIpc) is 3.48. The van der Waals surface area contributed by atoms with Gasteiger partial charge in [0.2, 0.25) is 5.72 Å². The molecule has 1 saturated carbocycles. The molecule has 40 heavy (non-hydrogen) atoms. The second kappa shape index (κ2) is 11.9. The number of aromatic nitrogens is 2. The molecule has 1 unspecified atom stereocenters. The highest BCUT2D eigenvalue weighted by Crippen LogP contribution is 2.51. The fourth-order valence-corrected chi connectivity index (χ4v) is 6.43. The quantitative estimate of drug-likeness (QED) is 0.0978. The SMILES string of the molecule is CCOC(=O)C1(NP(=O)(OC[C@]2(N=[N+]=[N-])O[C@H](n3ccc(=O)[nH]c3=O)[C@@H](O)[C@H]2O)Oc2ccccc2)CCCC1. The van der Waals surface area contributed by atoms with Crippen LogP contribution in [-0.4, -0.2) is 62.4 Å². The molecule has 0 amide bonds. The van der Waals surface area contributed by atoms with Crippen molar-refractivity contribution in [3.8, 4) is 5.75 Å². The molecule has 1 aliphatic carbocycles. The predicted molar refractivity (Wildman–Crippen MR) is 137 cm³/mol. The molecule has 0 bridgehead atoms. The van der Waals surface area contributed by atoms with Gasteiger partial charge in [-0.15, -0.1) is 0 Å². The standard InChI is InChI=1S/C23H29N6O10P/c1-2-36-20(33)22(11-6-7-12-22)27-40(35,39-15-8-4-3-5-9-15)37-14-23(26-28-24)18(32)17(31)19(38-23)29-13-10-16(30)25-21(29)34/h3-5,8-10,13,17-19,31-32H,2,6-7,11-12,14H2,1H3,(H,27,35)(H,25,30,34)/t17-,18+,19-,23-,40?/m0/s1. The summed E-state index contributed by atoms with van der Waals surface area (Å²) in [4.78, 5) is 41.3. The van der Waals surface area contributed by atoms with E-state index in [0.717, 1.165) is 16.8 Å². The second-order valence-corrected chi connectivity index (χ2v) is 11.0. The molecule has 2 aromatic rings. The number of aliphatic hydroxyl groups is 2. The fourth-order valence-electron chi connectivity index (χ4n) is 4.68. The molecule has 4 N–H and O–H groups in total. The van der Waals surface area contributed by atoms with Gasteiger partial charge in [-0.3, -0.25) is 23.7 Å². The Bertz CT molecular complexity index is 1420. The number of esters is 1. The van der Waals surface area contributed by atoms with Crippen LogP contribution in [0, 0.1) is 0 Å². The third-order valence-electron chi connectivity index (χ3n) is 6.63. The van der Waals surface area contributed by atoms with Crippen LogP contribution in [0.1, 0.15) is 38.8 Å². The van der Waals surface area contributed by atoms with Crippen molar-refractivity contribution in [1.29, 1.82) is 0 Å². The zero-order chi connectivity index (χ0) is 29.0. The minimum absolute atomic E-state index is 0.0798. The molecule has 1 aliphatic heterocycles. The van der Waals surface area contributed by atoms with Crippen LogP contribution in [0.15, 0.2) is 57.3 Å². The van der Waals surface area contributed by atoms with Crippen LogP contribution < -0.4 is 20.9 Å². The van der Waals surface area contributed by atoms with E-state index in [0.29, 0.717) is 12.8 Å². The molecule has 216 valence electrons. The predicted octanol–water partition coefficient (Wildman–Crippen LogP) is 1.46. The van der Waals surface area contributed by atoms with Crippen molar-refractivity contribution in [3.05, 3.63) is 73.9 Å². The number of carbonyl (C=O) groups is 1. The number of nitrogens with one attached hydrogen (secondary N) is 2. The third-order valence-corrected chi connectivity index (χ3v) is 8.25. The summed E-state index contributed by atoms with van der Waals surface area (Å²) < 4.78 is 37.2. The van der Waals surface area contributed by atoms with Crippen LogP contribution in [0.5, 0.6) is 5.75 Å². The molecule has 16 nitrogen and oxygen atoms in total. The van der Waals surface area contributed by atoms with Gasteiger partial charge in [0.1, 0.15) is 23.5 Å². The van der Waals surface area contributed by atoms with E-state index >= 15 is 0 Å². The van der Waals surface area contributed by atoms with Crippen LogP contribution in [0.4, 0.5) is 0 Å². The molecule has 0 spiro atoms. The van der Waals surface area contributed by atoms with Crippen LogP contribution in [-0.2, 0) is 23.4 Å². The molecular formula is C23H29N6O10P. The first-order valence-corrected chi connectivity index (χ1v) is 14.0. The van der Waals surface area contributed by atoms with E-state index in [4.69, 9.17) is 18.5 Å². The summed E-state index contributed by atoms with van der Waals surface area (Å²) in [6, 6.07) is 8.90. The van der Waals surface area contributed by atoms with Gasteiger partial charge < -0.3 is 24.2 Å². The van der Waals surface area contributed by atoms with E-state index < -0.39 is 61.3 Å². The number of azide groups is 1. The van der Waals surface area contributed by atoms with Crippen LogP contribution in [0.2, 0.25) is 0 Å². The number of nitrogens with zero attached hydrogens (tertiary/aromatic N) is 4. The number of aromatic amines is 1. The zero-order valence-electron chi connectivity index (χ0n) is 21.4. The number of para-hydroxylation sites is 1. The summed E-state index contributed by atoms with van der Waals surface area (Å²) in [7, 11) is -4.53. The Balaban J connectivity index is 1.67. The number of benzene rings is 1. The molecule has 2 heterocycles. The van der Waals surface area contributed by atoms with Gasteiger partial charge in [0, 0.05) is 17.2 Å². The Morgan fingerprint density at radius 2 is 1.98 bits per heavy atom. The summed E-state index contributed by atoms with van der Waals surface area (Å²) >= 11 is 0. The van der Waals surface area contributed by atoms with Crippen LogP contribution in [0.25, 0.3) is 10.4 Å². The molecule has 1 aromatic heterocycles. The Labute approximate surface area is 227 Å². The first kappa shape index (κ1) is 29.5. The maximum atomic E-state index is 14.2. The first-order chi connectivity index (χ1) is 19.1. The fraction of sp³-hybridized carbons (Fsp3) is 0.522. The topological polar surface area (TPSA) is 227 Å². The van der Waals surface area contributed by atoms with Gasteiger partial charge in [0.05, 0.1) is 13.2 Å². The maximum absolute atomic E-state index is 14.2. The van der Waals surface area contributed by atoms with Crippen molar-refractivity contribution in [2.24, 2.45) is 5.11 Å². The number of ether oxygens (including phenoxy) is 2. The van der Waals surface area contributed by atoms with Crippen molar-refractivity contribution in [2.75, 3.05) is 13.2 Å². The van der Waals surface area contributed by atoms with E-state index in [9.17, 15) is 34.7 Å². The van der Waals surface area contributed by atoms with Crippen molar-refractivity contribution in [3.63, 3.8) is 0 Å². The van der Waals surface area contributed by atoms with E-state index in [2.05, 4.69) is 15.1 Å². The third kappa shape index (κ3) is 5.98. The van der Waals surface area contributed by atoms with E-state index in [1.807, 2.05) is 4.98 Å². The molecule has 1 saturated heterocycles. The van der Waals surface area contributed by atoms with Gasteiger partial charge in [-0.05, 0) is 37.4 Å². The highest BCUT2D eigenvalue weighted by molar-refractivity contribution is 7.52. The first-order valence-electron chi connectivity index (χ1n) is 12.4. The van der Waals surface area contributed by atoms with Gasteiger partial charge in [0.25, 0.3) is 5.56 Å². The molecule has 0 radical (unpaired) electrons. The maximum Gasteiger partial charge on any atom is 0.459 e. The largest absolute Gasteiger partial charge is 0.465 e. The van der Waals surface area contributed by atoms with E-state index in [1.54, 1.807) is 25.1 Å². The minimum Gasteiger partial charge on any atom is -0.465 e. The number of carbonyl (C=O) groups excluding carboxylic acids is 1. The van der Waals surface area contributed by atoms with Gasteiger partial charge in [-0.25, -0.2) is 9.36 Å². The molecule has 2 fully saturated rings. The Kier molecular flexibility index (Phi) is 8.80. The lowest BCUT2D eigenvalue weighted by atomic mass is 10.00. The molecule has 5 atom stereocenters. The number of rotatable bonds is 11. The summed E-state index contributed by atoms with van der Waals surface area (Å²) in [5.41, 5.74) is 3.74. The summed E-state index contributed by atoms with van der Waals surface area (Å²) in [6.07, 6.45) is -2.64.